The Balaban J connectivity index is 1.87. The van der Waals surface area contributed by atoms with Crippen LogP contribution in [0, 0.1) is 0 Å². The molecular formula is C18H10F3NO5. The van der Waals surface area contributed by atoms with Crippen LogP contribution in [0.1, 0.15) is 26.5 Å². The van der Waals surface area contributed by atoms with Crippen molar-refractivity contribution >= 4 is 11.9 Å². The van der Waals surface area contributed by atoms with E-state index in [-0.39, 0.29) is 11.5 Å². The molecule has 1 heterocycles. The molecule has 27 heavy (non-hydrogen) atoms. The molecule has 6 nitrogen and oxygen atoms in total. The zero-order valence-corrected chi connectivity index (χ0v) is 13.4. The lowest BCUT2D eigenvalue weighted by atomic mass is 10.1. The van der Waals surface area contributed by atoms with Crippen molar-refractivity contribution in [3.8, 4) is 17.3 Å². The maximum atomic E-state index is 12.6. The number of carbonyl (C=O) groups excluding carboxylic acids is 1. The molecule has 0 radical (unpaired) electrons. The summed E-state index contributed by atoms with van der Waals surface area (Å²) in [4.78, 5) is 27.3. The van der Waals surface area contributed by atoms with E-state index >= 15 is 0 Å². The normalized spacial score (nSPS) is 11.2. The molecule has 0 bridgehead atoms. The van der Waals surface area contributed by atoms with Gasteiger partial charge in [0.2, 0.25) is 5.89 Å². The topological polar surface area (TPSA) is 89.6 Å². The lowest BCUT2D eigenvalue weighted by Gasteiger charge is -2.07. The number of benzene rings is 2. The molecule has 0 saturated carbocycles. The highest BCUT2D eigenvalue weighted by Crippen LogP contribution is 2.30. The number of alkyl halides is 3. The standard InChI is InChI=1S/C18H10F3NO5/c19-18(20,21)12-8-6-11(7-9-12)17(25)27-15-13(16(23)24)26-14(22-15)10-4-2-1-3-5-10/h1-9H,(H,23,24). The molecule has 0 unspecified atom stereocenters. The zero-order chi connectivity index (χ0) is 19.6. The first kappa shape index (κ1) is 18.2. The van der Waals surface area contributed by atoms with E-state index in [9.17, 15) is 27.9 Å². The van der Waals surface area contributed by atoms with Gasteiger partial charge in [-0.05, 0) is 36.4 Å². The van der Waals surface area contributed by atoms with Crippen LogP contribution in [-0.2, 0) is 6.18 Å². The van der Waals surface area contributed by atoms with Crippen molar-refractivity contribution in [1.29, 1.82) is 0 Å². The fourth-order valence-corrected chi connectivity index (χ4v) is 2.16. The average Bonchev–Trinajstić information content (AvgIpc) is 3.06. The Kier molecular flexibility index (Phi) is 4.68. The van der Waals surface area contributed by atoms with Crippen LogP contribution < -0.4 is 4.74 Å². The molecule has 0 aliphatic carbocycles. The van der Waals surface area contributed by atoms with Gasteiger partial charge >= 0.3 is 18.1 Å². The van der Waals surface area contributed by atoms with Gasteiger partial charge in [-0.1, -0.05) is 18.2 Å². The molecule has 1 aromatic heterocycles. The minimum Gasteiger partial charge on any atom is -0.475 e. The molecule has 2 aromatic carbocycles. The number of halogens is 3. The third-order valence-corrected chi connectivity index (χ3v) is 3.45. The molecular weight excluding hydrogens is 367 g/mol. The van der Waals surface area contributed by atoms with E-state index < -0.39 is 35.3 Å². The van der Waals surface area contributed by atoms with Crippen molar-refractivity contribution < 1.29 is 37.0 Å². The lowest BCUT2D eigenvalue weighted by Crippen LogP contribution is -2.12. The van der Waals surface area contributed by atoms with Crippen molar-refractivity contribution in [2.45, 2.75) is 6.18 Å². The number of rotatable bonds is 4. The maximum absolute atomic E-state index is 12.6. The first-order valence-electron chi connectivity index (χ1n) is 7.44. The number of carbonyl (C=O) groups is 2. The van der Waals surface area contributed by atoms with E-state index in [1.54, 1.807) is 30.3 Å². The van der Waals surface area contributed by atoms with E-state index in [0.29, 0.717) is 17.7 Å². The summed E-state index contributed by atoms with van der Waals surface area (Å²) in [6, 6.07) is 11.6. The van der Waals surface area contributed by atoms with Crippen molar-refractivity contribution in [2.75, 3.05) is 0 Å². The van der Waals surface area contributed by atoms with Crippen LogP contribution in [0.25, 0.3) is 11.5 Å². The van der Waals surface area contributed by atoms with E-state index in [1.165, 1.54) is 0 Å². The van der Waals surface area contributed by atoms with Gasteiger partial charge in [0.25, 0.3) is 11.6 Å². The molecule has 1 N–H and O–H groups in total. The number of aromatic nitrogens is 1. The lowest BCUT2D eigenvalue weighted by molar-refractivity contribution is -0.137. The van der Waals surface area contributed by atoms with Gasteiger partial charge in [0.05, 0.1) is 11.1 Å². The molecule has 0 aliphatic heterocycles. The SMILES string of the molecule is O=C(Oc1nc(-c2ccccc2)oc1C(=O)O)c1ccc(C(F)(F)F)cc1. The number of nitrogens with zero attached hydrogens (tertiary/aromatic N) is 1. The van der Waals surface area contributed by atoms with Gasteiger partial charge in [-0.15, -0.1) is 0 Å². The van der Waals surface area contributed by atoms with Gasteiger partial charge in [-0.2, -0.15) is 18.2 Å². The number of oxazole rings is 1. The summed E-state index contributed by atoms with van der Waals surface area (Å²) >= 11 is 0. The summed E-state index contributed by atoms with van der Waals surface area (Å²) in [6.07, 6.45) is -4.55. The molecule has 0 spiro atoms. The predicted octanol–water partition coefficient (Wildman–Crippen LogP) is 4.28. The second-order valence-electron chi connectivity index (χ2n) is 5.29. The molecule has 0 fully saturated rings. The number of esters is 1. The van der Waals surface area contributed by atoms with Gasteiger partial charge in [0.1, 0.15) is 0 Å². The van der Waals surface area contributed by atoms with Gasteiger partial charge in [0, 0.05) is 5.56 Å². The Bertz CT molecular complexity index is 978. The largest absolute Gasteiger partial charge is 0.475 e. The van der Waals surface area contributed by atoms with Crippen LogP contribution in [0.2, 0.25) is 0 Å². The third-order valence-electron chi connectivity index (χ3n) is 3.45. The smallest absolute Gasteiger partial charge is 0.416 e. The molecule has 0 aliphatic rings. The van der Waals surface area contributed by atoms with Crippen molar-refractivity contribution in [3.05, 3.63) is 71.5 Å². The number of hydrogen-bond acceptors (Lipinski definition) is 5. The van der Waals surface area contributed by atoms with E-state index in [4.69, 9.17) is 9.15 Å². The fourth-order valence-electron chi connectivity index (χ4n) is 2.16. The summed E-state index contributed by atoms with van der Waals surface area (Å²) in [5.74, 6) is -3.96. The number of carboxylic acid groups (broad SMARTS) is 1. The predicted molar refractivity (Wildman–Crippen MR) is 85.3 cm³/mol. The van der Waals surface area contributed by atoms with E-state index in [0.717, 1.165) is 12.1 Å². The highest BCUT2D eigenvalue weighted by atomic mass is 19.4. The number of carboxylic acids is 1. The molecule has 138 valence electrons. The molecule has 0 atom stereocenters. The monoisotopic (exact) mass is 377 g/mol. The summed E-state index contributed by atoms with van der Waals surface area (Å²) in [5, 5.41) is 9.19. The zero-order valence-electron chi connectivity index (χ0n) is 13.4. The first-order chi connectivity index (χ1) is 12.8. The summed E-state index contributed by atoms with van der Waals surface area (Å²) in [7, 11) is 0. The maximum Gasteiger partial charge on any atom is 0.416 e. The molecule has 0 saturated heterocycles. The summed E-state index contributed by atoms with van der Waals surface area (Å²) < 4.78 is 47.7. The average molecular weight is 377 g/mol. The number of hydrogen-bond donors (Lipinski definition) is 1. The van der Waals surface area contributed by atoms with Crippen molar-refractivity contribution in [2.24, 2.45) is 0 Å². The number of ether oxygens (including phenoxy) is 1. The van der Waals surface area contributed by atoms with Crippen molar-refractivity contribution in [1.82, 2.24) is 4.98 Å². The van der Waals surface area contributed by atoms with Gasteiger partial charge in [0.15, 0.2) is 0 Å². The highest BCUT2D eigenvalue weighted by Gasteiger charge is 2.30. The van der Waals surface area contributed by atoms with Crippen LogP contribution in [0.3, 0.4) is 0 Å². The minimum atomic E-state index is -4.55. The Hall–Kier alpha value is -3.62. The van der Waals surface area contributed by atoms with Crippen LogP contribution in [-0.4, -0.2) is 22.0 Å². The van der Waals surface area contributed by atoms with Gasteiger partial charge in [-0.25, -0.2) is 9.59 Å². The van der Waals surface area contributed by atoms with Crippen LogP contribution in [0.4, 0.5) is 13.2 Å². The minimum absolute atomic E-state index is 0.0804. The summed E-state index contributed by atoms with van der Waals surface area (Å²) in [6.45, 7) is 0. The fraction of sp³-hybridized carbons (Fsp3) is 0.0556. The van der Waals surface area contributed by atoms with E-state index in [2.05, 4.69) is 4.98 Å². The van der Waals surface area contributed by atoms with Gasteiger partial charge < -0.3 is 14.3 Å². The molecule has 9 heteroatoms. The van der Waals surface area contributed by atoms with Gasteiger partial charge in [-0.3, -0.25) is 0 Å². The molecule has 3 aromatic rings. The molecule has 0 amide bonds. The Morgan fingerprint density at radius 1 is 1.00 bits per heavy atom. The van der Waals surface area contributed by atoms with Crippen LogP contribution >= 0.6 is 0 Å². The third kappa shape index (κ3) is 3.97. The van der Waals surface area contributed by atoms with E-state index in [1.807, 2.05) is 0 Å². The summed E-state index contributed by atoms with van der Waals surface area (Å²) in [5.41, 5.74) is -0.682. The molecule has 3 rings (SSSR count). The Morgan fingerprint density at radius 3 is 2.19 bits per heavy atom. The number of aromatic carboxylic acids is 1. The Morgan fingerprint density at radius 2 is 1.63 bits per heavy atom. The Labute approximate surface area is 149 Å². The second kappa shape index (κ2) is 6.94. The highest BCUT2D eigenvalue weighted by molar-refractivity contribution is 5.93. The van der Waals surface area contributed by atoms with Crippen LogP contribution in [0.5, 0.6) is 5.88 Å². The van der Waals surface area contributed by atoms with Crippen molar-refractivity contribution in [3.63, 3.8) is 0 Å². The second-order valence-corrected chi connectivity index (χ2v) is 5.29. The quantitative estimate of drug-likeness (QED) is 0.683. The van der Waals surface area contributed by atoms with Crippen LogP contribution in [0.15, 0.2) is 59.0 Å². The first-order valence-corrected chi connectivity index (χ1v) is 7.44.